The van der Waals surface area contributed by atoms with Crippen LogP contribution in [0.5, 0.6) is 0 Å². The fraction of sp³-hybridized carbons (Fsp3) is 0.800. The van der Waals surface area contributed by atoms with Crippen molar-refractivity contribution < 1.29 is 4.74 Å². The summed E-state index contributed by atoms with van der Waals surface area (Å²) in [6.45, 7) is 5.97. The first-order chi connectivity index (χ1) is 9.90. The Morgan fingerprint density at radius 2 is 2.10 bits per heavy atom. The molecule has 0 unspecified atom stereocenters. The Morgan fingerprint density at radius 3 is 2.90 bits per heavy atom. The molecule has 1 aromatic rings. The van der Waals surface area contributed by atoms with E-state index in [4.69, 9.17) is 9.72 Å². The van der Waals surface area contributed by atoms with Gasteiger partial charge in [0.1, 0.15) is 0 Å². The van der Waals surface area contributed by atoms with Crippen molar-refractivity contribution in [2.45, 2.75) is 44.7 Å². The second kappa shape index (κ2) is 7.50. The number of aromatic nitrogens is 1. The van der Waals surface area contributed by atoms with E-state index in [1.165, 1.54) is 36.4 Å². The molecule has 112 valence electrons. The van der Waals surface area contributed by atoms with Crippen LogP contribution < -0.4 is 5.32 Å². The number of nitrogens with one attached hydrogen (secondary N) is 1. The smallest absolute Gasteiger partial charge is 0.0941 e. The van der Waals surface area contributed by atoms with Crippen LogP contribution in [0.3, 0.4) is 0 Å². The summed E-state index contributed by atoms with van der Waals surface area (Å²) in [4.78, 5) is 7.23. The van der Waals surface area contributed by atoms with Crippen LogP contribution in [0.25, 0.3) is 0 Å². The Bertz CT molecular complexity index is 398. The zero-order valence-corrected chi connectivity index (χ0v) is 13.0. The monoisotopic (exact) mass is 295 g/mol. The van der Waals surface area contributed by atoms with Crippen LogP contribution in [0.15, 0.2) is 5.38 Å². The van der Waals surface area contributed by atoms with Crippen molar-refractivity contribution in [1.29, 1.82) is 0 Å². The molecule has 0 bridgehead atoms. The van der Waals surface area contributed by atoms with Gasteiger partial charge >= 0.3 is 0 Å². The zero-order chi connectivity index (χ0) is 13.6. The van der Waals surface area contributed by atoms with Crippen molar-refractivity contribution in [3.05, 3.63) is 16.1 Å². The highest BCUT2D eigenvalue weighted by atomic mass is 32.1. The minimum absolute atomic E-state index is 0.730. The average Bonchev–Trinajstić information content (AvgIpc) is 3.16. The summed E-state index contributed by atoms with van der Waals surface area (Å²) in [5.41, 5.74) is 1.22. The molecule has 1 aliphatic heterocycles. The molecule has 1 aliphatic carbocycles. The first-order valence-corrected chi connectivity index (χ1v) is 8.75. The Labute approximate surface area is 125 Å². The largest absolute Gasteiger partial charge is 0.379 e. The summed E-state index contributed by atoms with van der Waals surface area (Å²) in [5.74, 6) is 0. The SMILES string of the molecule is c1sc(CCN2CCOCC2)nc1CNC1CCCC1. The number of ether oxygens (including phenoxy) is 1. The Hall–Kier alpha value is -0.490. The van der Waals surface area contributed by atoms with Crippen molar-refractivity contribution in [2.75, 3.05) is 32.8 Å². The molecule has 2 aliphatic rings. The van der Waals surface area contributed by atoms with E-state index in [0.29, 0.717) is 0 Å². The van der Waals surface area contributed by atoms with Crippen LogP contribution in [-0.2, 0) is 17.7 Å². The predicted octanol–water partition coefficient (Wildman–Crippen LogP) is 2.05. The molecule has 1 saturated heterocycles. The molecule has 0 radical (unpaired) electrons. The number of nitrogens with zero attached hydrogens (tertiary/aromatic N) is 2. The third-order valence-corrected chi connectivity index (χ3v) is 5.23. The van der Waals surface area contributed by atoms with Gasteiger partial charge in [-0.2, -0.15) is 0 Å². The molecule has 3 rings (SSSR count). The van der Waals surface area contributed by atoms with E-state index in [-0.39, 0.29) is 0 Å². The lowest BCUT2D eigenvalue weighted by atomic mass is 10.2. The minimum Gasteiger partial charge on any atom is -0.379 e. The third-order valence-electron chi connectivity index (χ3n) is 4.27. The van der Waals surface area contributed by atoms with Gasteiger partial charge in [-0.05, 0) is 12.8 Å². The van der Waals surface area contributed by atoms with Gasteiger partial charge in [0.2, 0.25) is 0 Å². The number of morpholine rings is 1. The number of hydrogen-bond acceptors (Lipinski definition) is 5. The van der Waals surface area contributed by atoms with Gasteiger partial charge < -0.3 is 10.1 Å². The molecule has 2 fully saturated rings. The van der Waals surface area contributed by atoms with Gasteiger partial charge in [0.05, 0.1) is 23.9 Å². The topological polar surface area (TPSA) is 37.4 Å². The van der Waals surface area contributed by atoms with Gasteiger partial charge in [-0.3, -0.25) is 4.90 Å². The molecule has 4 nitrogen and oxygen atoms in total. The lowest BCUT2D eigenvalue weighted by Crippen LogP contribution is -2.37. The fourth-order valence-electron chi connectivity index (χ4n) is 3.00. The van der Waals surface area contributed by atoms with Gasteiger partial charge in [0.15, 0.2) is 0 Å². The molecule has 20 heavy (non-hydrogen) atoms. The maximum atomic E-state index is 5.37. The van der Waals surface area contributed by atoms with Crippen LogP contribution in [0.2, 0.25) is 0 Å². The fourth-order valence-corrected chi connectivity index (χ4v) is 3.79. The van der Waals surface area contributed by atoms with Gasteiger partial charge in [0.25, 0.3) is 0 Å². The highest BCUT2D eigenvalue weighted by Crippen LogP contribution is 2.18. The highest BCUT2D eigenvalue weighted by Gasteiger charge is 2.15. The number of rotatable bonds is 6. The molecule has 0 amide bonds. The van der Waals surface area contributed by atoms with Crippen molar-refractivity contribution in [2.24, 2.45) is 0 Å². The van der Waals surface area contributed by atoms with Crippen LogP contribution in [0.1, 0.15) is 36.4 Å². The quantitative estimate of drug-likeness (QED) is 0.871. The van der Waals surface area contributed by atoms with E-state index in [0.717, 1.165) is 51.9 Å². The summed E-state index contributed by atoms with van der Waals surface area (Å²) in [6.07, 6.45) is 6.54. The van der Waals surface area contributed by atoms with E-state index >= 15 is 0 Å². The van der Waals surface area contributed by atoms with Gasteiger partial charge in [-0.15, -0.1) is 11.3 Å². The van der Waals surface area contributed by atoms with E-state index in [2.05, 4.69) is 15.6 Å². The number of hydrogen-bond donors (Lipinski definition) is 1. The summed E-state index contributed by atoms with van der Waals surface area (Å²) >= 11 is 1.81. The van der Waals surface area contributed by atoms with E-state index < -0.39 is 0 Å². The Balaban J connectivity index is 1.39. The van der Waals surface area contributed by atoms with E-state index in [9.17, 15) is 0 Å². The molecule has 5 heteroatoms. The summed E-state index contributed by atoms with van der Waals surface area (Å²) in [5, 5.41) is 7.13. The zero-order valence-electron chi connectivity index (χ0n) is 12.1. The van der Waals surface area contributed by atoms with Crippen LogP contribution >= 0.6 is 11.3 Å². The second-order valence-corrected chi connectivity index (χ2v) is 6.74. The van der Waals surface area contributed by atoms with Gasteiger partial charge in [0, 0.05) is 44.0 Å². The van der Waals surface area contributed by atoms with Crippen molar-refractivity contribution in [3.63, 3.8) is 0 Å². The maximum absolute atomic E-state index is 5.37. The molecule has 1 saturated carbocycles. The normalized spacial score (nSPS) is 21.6. The van der Waals surface area contributed by atoms with Crippen molar-refractivity contribution >= 4 is 11.3 Å². The second-order valence-electron chi connectivity index (χ2n) is 5.80. The molecule has 0 spiro atoms. The summed E-state index contributed by atoms with van der Waals surface area (Å²) in [7, 11) is 0. The molecule has 1 N–H and O–H groups in total. The Kier molecular flexibility index (Phi) is 5.42. The van der Waals surface area contributed by atoms with Crippen molar-refractivity contribution in [1.82, 2.24) is 15.2 Å². The minimum atomic E-state index is 0.730. The Morgan fingerprint density at radius 1 is 1.30 bits per heavy atom. The van der Waals surface area contributed by atoms with Gasteiger partial charge in [-0.25, -0.2) is 4.98 Å². The molecule has 2 heterocycles. The van der Waals surface area contributed by atoms with Crippen molar-refractivity contribution in [3.8, 4) is 0 Å². The predicted molar refractivity (Wildman–Crippen MR) is 82.2 cm³/mol. The summed E-state index contributed by atoms with van der Waals surface area (Å²) in [6, 6.07) is 0.730. The van der Waals surface area contributed by atoms with E-state index in [1.54, 1.807) is 0 Å². The first-order valence-electron chi connectivity index (χ1n) is 7.87. The molecule has 0 atom stereocenters. The molecule has 0 aromatic carbocycles. The van der Waals surface area contributed by atoms with Gasteiger partial charge in [-0.1, -0.05) is 12.8 Å². The first kappa shape index (κ1) is 14.4. The van der Waals surface area contributed by atoms with E-state index in [1.807, 2.05) is 11.3 Å². The molecular formula is C15H25N3OS. The lowest BCUT2D eigenvalue weighted by Gasteiger charge is -2.25. The number of thiazole rings is 1. The van der Waals surface area contributed by atoms with Crippen LogP contribution in [0, 0.1) is 0 Å². The van der Waals surface area contributed by atoms with Crippen LogP contribution in [-0.4, -0.2) is 48.8 Å². The highest BCUT2D eigenvalue weighted by molar-refractivity contribution is 7.09. The lowest BCUT2D eigenvalue weighted by molar-refractivity contribution is 0.0384. The average molecular weight is 295 g/mol. The summed E-state index contributed by atoms with van der Waals surface area (Å²) < 4.78 is 5.37. The molecular weight excluding hydrogens is 270 g/mol. The van der Waals surface area contributed by atoms with Crippen LogP contribution in [0.4, 0.5) is 0 Å². The third kappa shape index (κ3) is 4.25. The standard InChI is InChI=1S/C15H25N3OS/c1-2-4-13(3-1)16-11-14-12-20-15(17-14)5-6-18-7-9-19-10-8-18/h12-13,16H,1-11H2. The maximum Gasteiger partial charge on any atom is 0.0941 e. The molecule has 1 aromatic heterocycles.